The zero-order valence-electron chi connectivity index (χ0n) is 10.4. The highest BCUT2D eigenvalue weighted by Crippen LogP contribution is 2.28. The van der Waals surface area contributed by atoms with Gasteiger partial charge in [-0.25, -0.2) is 8.42 Å². The minimum Gasteiger partial charge on any atom is -0.376 e. The van der Waals surface area contributed by atoms with E-state index in [0.717, 1.165) is 0 Å². The first-order chi connectivity index (χ1) is 9.28. The van der Waals surface area contributed by atoms with E-state index in [9.17, 15) is 23.3 Å². The van der Waals surface area contributed by atoms with Gasteiger partial charge in [-0.3, -0.25) is 14.9 Å². The van der Waals surface area contributed by atoms with Crippen molar-refractivity contribution in [3.8, 4) is 0 Å². The molecule has 20 heavy (non-hydrogen) atoms. The van der Waals surface area contributed by atoms with Gasteiger partial charge < -0.3 is 11.1 Å². The number of nitrogens with one attached hydrogen (secondary N) is 1. The van der Waals surface area contributed by atoms with E-state index in [-0.39, 0.29) is 28.4 Å². The van der Waals surface area contributed by atoms with Crippen molar-refractivity contribution in [2.75, 3.05) is 16.8 Å². The van der Waals surface area contributed by atoms with Crippen LogP contribution in [-0.4, -0.2) is 36.8 Å². The van der Waals surface area contributed by atoms with E-state index in [4.69, 9.17) is 5.73 Å². The Hall–Kier alpha value is -2.16. The first kappa shape index (κ1) is 14.3. The summed E-state index contributed by atoms with van der Waals surface area (Å²) in [5.74, 6) is -0.735. The predicted molar refractivity (Wildman–Crippen MR) is 72.3 cm³/mol. The van der Waals surface area contributed by atoms with Gasteiger partial charge in [0, 0.05) is 17.7 Å². The molecule has 0 spiro atoms. The molecule has 1 heterocycles. The molecule has 3 N–H and O–H groups in total. The van der Waals surface area contributed by atoms with Crippen LogP contribution in [-0.2, 0) is 9.84 Å². The van der Waals surface area contributed by atoms with Crippen molar-refractivity contribution in [3.63, 3.8) is 0 Å². The van der Waals surface area contributed by atoms with Crippen LogP contribution in [0.4, 0.5) is 11.4 Å². The number of benzene rings is 1. The fourth-order valence-electron chi connectivity index (χ4n) is 2.09. The van der Waals surface area contributed by atoms with Crippen molar-refractivity contribution in [2.24, 2.45) is 5.73 Å². The normalized spacial score (nSPS) is 20.5. The second-order valence-corrected chi connectivity index (χ2v) is 6.83. The molecule has 2 rings (SSSR count). The summed E-state index contributed by atoms with van der Waals surface area (Å²) in [6.07, 6.45) is 0.375. The molecule has 0 bridgehead atoms. The Bertz CT molecular complexity index is 671. The lowest BCUT2D eigenvalue weighted by Gasteiger charge is -2.13. The summed E-state index contributed by atoms with van der Waals surface area (Å²) in [4.78, 5) is 21.4. The van der Waals surface area contributed by atoms with Gasteiger partial charge in [0.25, 0.3) is 5.69 Å². The Balaban J connectivity index is 2.31. The second-order valence-electron chi connectivity index (χ2n) is 4.60. The molecular weight excluding hydrogens is 286 g/mol. The predicted octanol–water partition coefficient (Wildman–Crippen LogP) is 0.293. The highest BCUT2D eigenvalue weighted by atomic mass is 32.2. The molecule has 8 nitrogen and oxygen atoms in total. The van der Waals surface area contributed by atoms with Crippen molar-refractivity contribution < 1.29 is 18.1 Å². The average Bonchev–Trinajstić information content (AvgIpc) is 2.68. The number of anilines is 1. The van der Waals surface area contributed by atoms with Gasteiger partial charge in [-0.2, -0.15) is 0 Å². The standard InChI is InChI=1S/C11H13N3O5S/c12-11(15)7-1-2-10(14(16)17)9(5-7)13-8-3-4-20(18,19)6-8/h1-2,5,8,13H,3-4,6H2,(H2,12,15). The largest absolute Gasteiger partial charge is 0.376 e. The summed E-state index contributed by atoms with van der Waals surface area (Å²) in [5, 5.41) is 13.7. The van der Waals surface area contributed by atoms with Crippen molar-refractivity contribution in [1.82, 2.24) is 0 Å². The van der Waals surface area contributed by atoms with E-state index >= 15 is 0 Å². The van der Waals surface area contributed by atoms with Crippen LogP contribution in [0.15, 0.2) is 18.2 Å². The number of rotatable bonds is 4. The van der Waals surface area contributed by atoms with Crippen LogP contribution in [0.1, 0.15) is 16.8 Å². The maximum absolute atomic E-state index is 11.4. The van der Waals surface area contributed by atoms with Crippen molar-refractivity contribution in [3.05, 3.63) is 33.9 Å². The third-order valence-corrected chi connectivity index (χ3v) is 4.84. The van der Waals surface area contributed by atoms with E-state index in [1.54, 1.807) is 0 Å². The third kappa shape index (κ3) is 3.05. The van der Waals surface area contributed by atoms with Crippen molar-refractivity contribution >= 4 is 27.1 Å². The third-order valence-electron chi connectivity index (χ3n) is 3.07. The Morgan fingerprint density at radius 1 is 1.45 bits per heavy atom. The number of nitrogens with two attached hydrogens (primary N) is 1. The number of sulfone groups is 1. The number of nitro benzene ring substituents is 1. The Labute approximate surface area is 115 Å². The number of carbonyl (C=O) groups is 1. The highest BCUT2D eigenvalue weighted by molar-refractivity contribution is 7.91. The average molecular weight is 299 g/mol. The summed E-state index contributed by atoms with van der Waals surface area (Å²) >= 11 is 0. The lowest BCUT2D eigenvalue weighted by molar-refractivity contribution is -0.384. The maximum Gasteiger partial charge on any atom is 0.292 e. The number of carbonyl (C=O) groups excluding carboxylic acids is 1. The van der Waals surface area contributed by atoms with Gasteiger partial charge in [-0.15, -0.1) is 0 Å². The molecule has 1 aliphatic heterocycles. The fraction of sp³-hybridized carbons (Fsp3) is 0.364. The van der Waals surface area contributed by atoms with Gasteiger partial charge in [0.2, 0.25) is 5.91 Å². The minimum atomic E-state index is -3.10. The summed E-state index contributed by atoms with van der Waals surface area (Å²) in [5.41, 5.74) is 5.13. The minimum absolute atomic E-state index is 0.0496. The molecule has 1 saturated heterocycles. The SMILES string of the molecule is NC(=O)c1ccc([N+](=O)[O-])c(NC2CCS(=O)(=O)C2)c1. The number of nitrogens with zero attached hydrogens (tertiary/aromatic N) is 1. The van der Waals surface area contributed by atoms with Gasteiger partial charge in [0.1, 0.15) is 5.69 Å². The summed E-state index contributed by atoms with van der Waals surface area (Å²) in [6.45, 7) is 0. The number of nitro groups is 1. The molecule has 0 aromatic heterocycles. The lowest BCUT2D eigenvalue weighted by Crippen LogP contribution is -2.21. The molecule has 1 amide bonds. The lowest BCUT2D eigenvalue weighted by atomic mass is 10.1. The summed E-state index contributed by atoms with van der Waals surface area (Å²) in [7, 11) is -3.10. The molecular formula is C11H13N3O5S. The number of hydrogen-bond donors (Lipinski definition) is 2. The number of amides is 1. The molecule has 1 aromatic rings. The monoisotopic (exact) mass is 299 g/mol. The smallest absolute Gasteiger partial charge is 0.292 e. The van der Waals surface area contributed by atoms with Crippen molar-refractivity contribution in [1.29, 1.82) is 0 Å². The van der Waals surface area contributed by atoms with Crippen LogP contribution in [0.5, 0.6) is 0 Å². The zero-order valence-corrected chi connectivity index (χ0v) is 11.2. The molecule has 1 fully saturated rings. The molecule has 1 aliphatic rings. The van der Waals surface area contributed by atoms with Gasteiger partial charge in [0.05, 0.1) is 16.4 Å². The quantitative estimate of drug-likeness (QED) is 0.606. The summed E-state index contributed by atoms with van der Waals surface area (Å²) < 4.78 is 22.8. The molecule has 1 atom stereocenters. The van der Waals surface area contributed by atoms with Gasteiger partial charge in [-0.1, -0.05) is 0 Å². The Morgan fingerprint density at radius 2 is 2.15 bits per heavy atom. The molecule has 0 aliphatic carbocycles. The van der Waals surface area contributed by atoms with Gasteiger partial charge in [0.15, 0.2) is 9.84 Å². The van der Waals surface area contributed by atoms with Crippen LogP contribution in [0, 0.1) is 10.1 Å². The van der Waals surface area contributed by atoms with Crippen LogP contribution in [0.25, 0.3) is 0 Å². The second kappa shape index (κ2) is 5.08. The van der Waals surface area contributed by atoms with E-state index in [0.29, 0.717) is 6.42 Å². The van der Waals surface area contributed by atoms with E-state index < -0.39 is 26.7 Å². The number of primary amides is 1. The molecule has 0 radical (unpaired) electrons. The van der Waals surface area contributed by atoms with Crippen LogP contribution >= 0.6 is 0 Å². The van der Waals surface area contributed by atoms with Crippen LogP contribution in [0.2, 0.25) is 0 Å². The van der Waals surface area contributed by atoms with Crippen molar-refractivity contribution in [2.45, 2.75) is 12.5 Å². The van der Waals surface area contributed by atoms with Gasteiger partial charge >= 0.3 is 0 Å². The molecule has 1 aromatic carbocycles. The topological polar surface area (TPSA) is 132 Å². The van der Waals surface area contributed by atoms with Crippen LogP contribution < -0.4 is 11.1 Å². The van der Waals surface area contributed by atoms with Crippen LogP contribution in [0.3, 0.4) is 0 Å². The molecule has 108 valence electrons. The van der Waals surface area contributed by atoms with E-state index in [1.807, 2.05) is 0 Å². The Kier molecular flexibility index (Phi) is 3.62. The number of hydrogen-bond acceptors (Lipinski definition) is 6. The summed E-state index contributed by atoms with van der Waals surface area (Å²) in [6, 6.07) is 3.30. The molecule has 1 unspecified atom stereocenters. The highest BCUT2D eigenvalue weighted by Gasteiger charge is 2.29. The maximum atomic E-state index is 11.4. The fourth-order valence-corrected chi connectivity index (χ4v) is 3.77. The van der Waals surface area contributed by atoms with E-state index in [1.165, 1.54) is 18.2 Å². The Morgan fingerprint density at radius 3 is 2.65 bits per heavy atom. The zero-order chi connectivity index (χ0) is 14.9. The first-order valence-corrected chi connectivity index (χ1v) is 7.66. The molecule has 0 saturated carbocycles. The van der Waals surface area contributed by atoms with Gasteiger partial charge in [-0.05, 0) is 18.6 Å². The first-order valence-electron chi connectivity index (χ1n) is 5.84. The molecule has 9 heteroatoms. The van der Waals surface area contributed by atoms with E-state index in [2.05, 4.69) is 5.32 Å².